The highest BCUT2D eigenvalue weighted by Gasteiger charge is 2.31. The van der Waals surface area contributed by atoms with Crippen LogP contribution in [-0.2, 0) is 6.18 Å². The first kappa shape index (κ1) is 16.5. The van der Waals surface area contributed by atoms with Crippen molar-refractivity contribution in [3.8, 4) is 0 Å². The minimum atomic E-state index is -4.60. The van der Waals surface area contributed by atoms with Crippen molar-refractivity contribution in [3.63, 3.8) is 0 Å². The Morgan fingerprint density at radius 3 is 2.22 bits per heavy atom. The van der Waals surface area contributed by atoms with Crippen LogP contribution < -0.4 is 11.5 Å². The number of hydrogen-bond acceptors (Lipinski definition) is 1. The summed E-state index contributed by atoms with van der Waals surface area (Å²) < 4.78 is 37.3. The van der Waals surface area contributed by atoms with Crippen molar-refractivity contribution in [1.29, 1.82) is 0 Å². The van der Waals surface area contributed by atoms with Crippen molar-refractivity contribution in [2.24, 2.45) is 16.5 Å². The van der Waals surface area contributed by atoms with Crippen LogP contribution in [0.3, 0.4) is 0 Å². The Hall–Kier alpha value is -1.47. The third-order valence-electron chi connectivity index (χ3n) is 1.70. The molecule has 100 valence electrons. The fourth-order valence-corrected chi connectivity index (χ4v) is 1.29. The molecule has 0 saturated heterocycles. The van der Waals surface area contributed by atoms with Crippen LogP contribution >= 0.6 is 24.0 Å². The van der Waals surface area contributed by atoms with Crippen LogP contribution in [0, 0.1) is 0 Å². The first-order valence-corrected chi connectivity index (χ1v) is 4.59. The van der Waals surface area contributed by atoms with Crippen LogP contribution in [0.25, 0.3) is 0 Å². The second-order valence-electron chi connectivity index (χ2n) is 3.07. The van der Waals surface area contributed by atoms with E-state index in [1.54, 1.807) is 0 Å². The minimum absolute atomic E-state index is 0. The van der Waals surface area contributed by atoms with E-state index in [1.807, 2.05) is 0 Å². The van der Waals surface area contributed by atoms with Crippen LogP contribution in [0.4, 0.5) is 13.2 Å². The van der Waals surface area contributed by atoms with E-state index in [-0.39, 0.29) is 23.0 Å². The molecular weight excluding hydrogens is 294 g/mol. The smallest absolute Gasteiger partial charge is 0.370 e. The zero-order valence-corrected chi connectivity index (χ0v) is 10.2. The molecule has 0 fully saturated rings. The largest absolute Gasteiger partial charge is 0.416 e. The summed E-state index contributed by atoms with van der Waals surface area (Å²) in [4.78, 5) is 14.4. The second kappa shape index (κ2) is 5.92. The number of alkyl halides is 3. The normalized spacial score (nSPS) is 10.4. The molecule has 0 aliphatic carbocycles. The molecule has 0 heterocycles. The Bertz CT molecular complexity index is 484. The van der Waals surface area contributed by atoms with E-state index in [4.69, 9.17) is 23.1 Å². The Labute approximate surface area is 111 Å². The molecule has 0 saturated carbocycles. The summed E-state index contributed by atoms with van der Waals surface area (Å²) in [6, 6.07) is 2.38. The van der Waals surface area contributed by atoms with Crippen molar-refractivity contribution < 1.29 is 18.0 Å². The number of rotatable bonds is 1. The number of hydrogen-bond donors (Lipinski definition) is 2. The molecule has 0 aromatic heterocycles. The summed E-state index contributed by atoms with van der Waals surface area (Å²) in [6.45, 7) is 0. The van der Waals surface area contributed by atoms with Crippen molar-refractivity contribution >= 4 is 35.9 Å². The van der Waals surface area contributed by atoms with Gasteiger partial charge in [-0.3, -0.25) is 4.79 Å². The molecule has 0 unspecified atom stereocenters. The number of nitrogens with two attached hydrogens (primary N) is 2. The molecule has 0 radical (unpaired) electrons. The summed E-state index contributed by atoms with van der Waals surface area (Å²) >= 11 is 5.47. The molecule has 0 aliphatic heterocycles. The highest BCUT2D eigenvalue weighted by atomic mass is 35.5. The minimum Gasteiger partial charge on any atom is -0.370 e. The Kier molecular flexibility index (Phi) is 5.44. The number of carbonyl (C=O) groups is 1. The summed E-state index contributed by atoms with van der Waals surface area (Å²) in [5.41, 5.74) is 8.51. The van der Waals surface area contributed by atoms with Gasteiger partial charge in [-0.05, 0) is 18.2 Å². The molecule has 1 aromatic carbocycles. The van der Waals surface area contributed by atoms with Gasteiger partial charge in [0.15, 0.2) is 5.96 Å². The lowest BCUT2D eigenvalue weighted by molar-refractivity contribution is -0.137. The molecule has 0 spiro atoms. The van der Waals surface area contributed by atoms with E-state index in [9.17, 15) is 18.0 Å². The van der Waals surface area contributed by atoms with Gasteiger partial charge < -0.3 is 11.5 Å². The number of halogens is 5. The number of benzene rings is 1. The van der Waals surface area contributed by atoms with Gasteiger partial charge in [0.2, 0.25) is 0 Å². The van der Waals surface area contributed by atoms with E-state index < -0.39 is 23.6 Å². The Balaban J connectivity index is 0.00000289. The lowest BCUT2D eigenvalue weighted by atomic mass is 10.1. The van der Waals surface area contributed by atoms with Crippen LogP contribution in [0.1, 0.15) is 15.9 Å². The maximum absolute atomic E-state index is 12.4. The standard InChI is InChI=1S/C9H7ClF3N3O.ClH/c10-6-2-4(7(17)16-8(14)15)1-5(3-6)9(11,12)13;/h1-3H,(H4,14,15,16,17);1H. The van der Waals surface area contributed by atoms with Gasteiger partial charge in [-0.15, -0.1) is 12.4 Å². The van der Waals surface area contributed by atoms with Crippen LogP contribution in [-0.4, -0.2) is 11.9 Å². The van der Waals surface area contributed by atoms with Crippen molar-refractivity contribution in [3.05, 3.63) is 34.3 Å². The van der Waals surface area contributed by atoms with Gasteiger partial charge in [0.1, 0.15) is 0 Å². The van der Waals surface area contributed by atoms with Gasteiger partial charge >= 0.3 is 6.18 Å². The fourth-order valence-electron chi connectivity index (χ4n) is 1.06. The molecule has 4 N–H and O–H groups in total. The van der Waals surface area contributed by atoms with E-state index in [0.717, 1.165) is 6.07 Å². The van der Waals surface area contributed by atoms with Crippen molar-refractivity contribution in [2.75, 3.05) is 0 Å². The van der Waals surface area contributed by atoms with E-state index >= 15 is 0 Å². The number of carbonyl (C=O) groups excluding carboxylic acids is 1. The molecule has 4 nitrogen and oxygen atoms in total. The van der Waals surface area contributed by atoms with Gasteiger partial charge in [0, 0.05) is 10.6 Å². The van der Waals surface area contributed by atoms with E-state index in [1.165, 1.54) is 0 Å². The summed E-state index contributed by atoms with van der Waals surface area (Å²) in [5, 5.41) is -0.228. The summed E-state index contributed by atoms with van der Waals surface area (Å²) in [7, 11) is 0. The maximum Gasteiger partial charge on any atom is 0.416 e. The van der Waals surface area contributed by atoms with Gasteiger partial charge in [0.25, 0.3) is 5.91 Å². The predicted octanol–water partition coefficient (Wildman–Crippen LogP) is 2.19. The van der Waals surface area contributed by atoms with Crippen molar-refractivity contribution in [1.82, 2.24) is 0 Å². The first-order valence-electron chi connectivity index (χ1n) is 4.22. The lowest BCUT2D eigenvalue weighted by Crippen LogP contribution is -2.24. The zero-order valence-electron chi connectivity index (χ0n) is 8.66. The van der Waals surface area contributed by atoms with Crippen LogP contribution in [0.15, 0.2) is 23.2 Å². The van der Waals surface area contributed by atoms with Crippen molar-refractivity contribution in [2.45, 2.75) is 6.18 Å². The van der Waals surface area contributed by atoms with Crippen LogP contribution in [0.2, 0.25) is 5.02 Å². The molecule has 1 rings (SSSR count). The SMILES string of the molecule is Cl.NC(N)=NC(=O)c1cc(Cl)cc(C(F)(F)F)c1. The number of nitrogens with zero attached hydrogens (tertiary/aromatic N) is 1. The Morgan fingerprint density at radius 1 is 1.22 bits per heavy atom. The molecule has 18 heavy (non-hydrogen) atoms. The van der Waals surface area contributed by atoms with Gasteiger partial charge in [0.05, 0.1) is 5.56 Å². The summed E-state index contributed by atoms with van der Waals surface area (Å²) in [5.74, 6) is -1.53. The average Bonchev–Trinajstić information content (AvgIpc) is 2.14. The lowest BCUT2D eigenvalue weighted by Gasteiger charge is -2.08. The zero-order chi connectivity index (χ0) is 13.2. The highest BCUT2D eigenvalue weighted by Crippen LogP contribution is 2.32. The molecular formula is C9H8Cl2F3N3O. The van der Waals surface area contributed by atoms with Gasteiger partial charge in [-0.1, -0.05) is 11.6 Å². The topological polar surface area (TPSA) is 81.5 Å². The summed E-state index contributed by atoms with van der Waals surface area (Å²) in [6.07, 6.45) is -4.60. The fraction of sp³-hybridized carbons (Fsp3) is 0.111. The Morgan fingerprint density at radius 2 is 1.78 bits per heavy atom. The third kappa shape index (κ3) is 4.42. The maximum atomic E-state index is 12.4. The predicted molar refractivity (Wildman–Crippen MR) is 63.8 cm³/mol. The first-order chi connectivity index (χ1) is 7.70. The van der Waals surface area contributed by atoms with Crippen LogP contribution in [0.5, 0.6) is 0 Å². The molecule has 1 aromatic rings. The number of guanidine groups is 1. The second-order valence-corrected chi connectivity index (χ2v) is 3.50. The molecule has 9 heteroatoms. The molecule has 1 amide bonds. The number of amides is 1. The third-order valence-corrected chi connectivity index (χ3v) is 1.92. The van der Waals surface area contributed by atoms with E-state index in [0.29, 0.717) is 12.1 Å². The van der Waals surface area contributed by atoms with Gasteiger partial charge in [-0.2, -0.15) is 18.2 Å². The monoisotopic (exact) mass is 301 g/mol. The molecule has 0 bridgehead atoms. The average molecular weight is 302 g/mol. The number of aliphatic imine (C=N–C) groups is 1. The van der Waals surface area contributed by atoms with Gasteiger partial charge in [-0.25, -0.2) is 0 Å². The molecule has 0 aliphatic rings. The van der Waals surface area contributed by atoms with E-state index in [2.05, 4.69) is 4.99 Å². The quantitative estimate of drug-likeness (QED) is 0.616. The highest BCUT2D eigenvalue weighted by molar-refractivity contribution is 6.31. The molecule has 0 atom stereocenters.